The zero-order chi connectivity index (χ0) is 9.54. The van der Waals surface area contributed by atoms with E-state index < -0.39 is 0 Å². The Hall–Kier alpha value is -1.76. The molecule has 14 heavy (non-hydrogen) atoms. The first kappa shape index (κ1) is 7.63. The van der Waals surface area contributed by atoms with E-state index in [1.54, 1.807) is 0 Å². The van der Waals surface area contributed by atoms with E-state index in [1.165, 1.54) is 21.9 Å². The van der Waals surface area contributed by atoms with Crippen molar-refractivity contribution in [2.24, 2.45) is 7.05 Å². The number of nitrogens with zero attached hydrogens (tertiary/aromatic N) is 1. The third-order valence-electron chi connectivity index (χ3n) is 2.69. The number of hydrogen-bond donors (Lipinski definition) is 0. The minimum Gasteiger partial charge on any atom is -0.357 e. The first-order chi connectivity index (χ1) is 6.84. The quantitative estimate of drug-likeness (QED) is 0.501. The van der Waals surface area contributed by atoms with Crippen LogP contribution >= 0.6 is 0 Å². The molecule has 0 spiro atoms. The maximum absolute atomic E-state index is 2.24. The molecule has 0 atom stereocenters. The molecule has 0 fully saturated rings. The summed E-state index contributed by atoms with van der Waals surface area (Å²) >= 11 is 0. The van der Waals surface area contributed by atoms with Gasteiger partial charge in [-0.25, -0.2) is 0 Å². The first-order valence-corrected chi connectivity index (χ1v) is 4.78. The molecule has 0 N–H and O–H groups in total. The lowest BCUT2D eigenvalue weighted by Crippen LogP contribution is -1.88. The molecule has 0 saturated carbocycles. The molecule has 1 aromatic rings. The van der Waals surface area contributed by atoms with Crippen LogP contribution in [0.3, 0.4) is 0 Å². The summed E-state index contributed by atoms with van der Waals surface area (Å²) in [6, 6.07) is 12.9. The van der Waals surface area contributed by atoms with Crippen molar-refractivity contribution < 1.29 is 0 Å². The van der Waals surface area contributed by atoms with E-state index >= 15 is 0 Å². The van der Waals surface area contributed by atoms with Crippen molar-refractivity contribution in [1.29, 1.82) is 0 Å². The molecule has 1 nitrogen and oxygen atoms in total. The van der Waals surface area contributed by atoms with Crippen LogP contribution in [0, 0.1) is 0 Å². The Bertz CT molecular complexity index is 563. The minimum atomic E-state index is 1.32. The highest BCUT2D eigenvalue weighted by Gasteiger charge is 2.07. The van der Waals surface area contributed by atoms with Gasteiger partial charge in [-0.2, -0.15) is 0 Å². The zero-order valence-electron chi connectivity index (χ0n) is 8.07. The molecular formula is C13H11N. The highest BCUT2D eigenvalue weighted by atomic mass is 14.9. The van der Waals surface area contributed by atoms with Gasteiger partial charge in [-0.15, -0.1) is 0 Å². The van der Waals surface area contributed by atoms with E-state index in [-0.39, 0.29) is 0 Å². The van der Waals surface area contributed by atoms with E-state index in [0.29, 0.717) is 0 Å². The van der Waals surface area contributed by atoms with Crippen LogP contribution in [-0.2, 0) is 7.05 Å². The summed E-state index contributed by atoms with van der Waals surface area (Å²) < 4.78 is 2.09. The average molecular weight is 181 g/mol. The number of pyridine rings is 1. The number of rotatable bonds is 0. The summed E-state index contributed by atoms with van der Waals surface area (Å²) in [7, 11) is 2.06. The number of hydrogen-bond acceptors (Lipinski definition) is 0. The summed E-state index contributed by atoms with van der Waals surface area (Å²) in [5.41, 5.74) is 2.66. The van der Waals surface area contributed by atoms with Crippen molar-refractivity contribution in [3.63, 3.8) is 0 Å². The lowest BCUT2D eigenvalue weighted by molar-refractivity contribution is 0.907. The van der Waals surface area contributed by atoms with Gasteiger partial charge in [0.05, 0.1) is 0 Å². The highest BCUT2D eigenvalue weighted by molar-refractivity contribution is 6.01. The molecule has 0 aromatic heterocycles. The van der Waals surface area contributed by atoms with Crippen LogP contribution in [-0.4, -0.2) is 4.57 Å². The van der Waals surface area contributed by atoms with Crippen molar-refractivity contribution in [3.8, 4) is 11.1 Å². The lowest BCUT2D eigenvalue weighted by Gasteiger charge is -2.02. The monoisotopic (exact) mass is 181 g/mol. The highest BCUT2D eigenvalue weighted by Crippen LogP contribution is 2.33. The Balaban J connectivity index is 2.52. The maximum Gasteiger partial charge on any atom is 0.0116 e. The molecule has 0 unspecified atom stereocenters. The first-order valence-electron chi connectivity index (χ1n) is 4.78. The van der Waals surface area contributed by atoms with Crippen LogP contribution in [0.4, 0.5) is 0 Å². The van der Waals surface area contributed by atoms with E-state index in [0.717, 1.165) is 0 Å². The van der Waals surface area contributed by atoms with E-state index in [2.05, 4.69) is 60.4 Å². The second-order valence-electron chi connectivity index (χ2n) is 3.71. The van der Waals surface area contributed by atoms with Crippen LogP contribution < -0.4 is 0 Å². The molecule has 0 bridgehead atoms. The standard InChI is InChI=1S/C13H11N/c1-14-7-6-11-8-10-4-2-3-5-12(10)13(11)9-14/h2-9H,1H3. The summed E-state index contributed by atoms with van der Waals surface area (Å²) in [4.78, 5) is 0. The van der Waals surface area contributed by atoms with Crippen LogP contribution in [0.25, 0.3) is 21.9 Å². The van der Waals surface area contributed by atoms with Crippen molar-refractivity contribution in [2.75, 3.05) is 0 Å². The van der Waals surface area contributed by atoms with E-state index in [1.807, 2.05) is 0 Å². The minimum absolute atomic E-state index is 1.32. The molecule has 68 valence electrons. The van der Waals surface area contributed by atoms with Gasteiger partial charge in [0.1, 0.15) is 0 Å². The molecule has 2 aliphatic rings. The van der Waals surface area contributed by atoms with Gasteiger partial charge >= 0.3 is 0 Å². The molecule has 3 rings (SSSR count). The summed E-state index contributed by atoms with van der Waals surface area (Å²) in [6.45, 7) is 0. The number of aromatic nitrogens is 1. The van der Waals surface area contributed by atoms with Crippen LogP contribution in [0.2, 0.25) is 0 Å². The predicted octanol–water partition coefficient (Wildman–Crippen LogP) is 3.28. The zero-order valence-corrected chi connectivity index (χ0v) is 8.07. The SMILES string of the molecule is Cn1ccc2cc3ccccc3c-2c1. The lowest BCUT2D eigenvalue weighted by atomic mass is 10.1. The molecule has 1 aromatic carbocycles. The topological polar surface area (TPSA) is 4.93 Å². The van der Waals surface area contributed by atoms with Crippen LogP contribution in [0.5, 0.6) is 0 Å². The smallest absolute Gasteiger partial charge is 0.0116 e. The molecule has 0 saturated heterocycles. The Morgan fingerprint density at radius 2 is 1.93 bits per heavy atom. The van der Waals surface area contributed by atoms with Gasteiger partial charge in [0, 0.05) is 25.0 Å². The maximum atomic E-state index is 2.24. The van der Waals surface area contributed by atoms with Gasteiger partial charge in [0.25, 0.3) is 0 Å². The largest absolute Gasteiger partial charge is 0.357 e. The Morgan fingerprint density at radius 1 is 1.07 bits per heavy atom. The van der Waals surface area contributed by atoms with Crippen molar-refractivity contribution in [2.45, 2.75) is 0 Å². The van der Waals surface area contributed by atoms with Gasteiger partial charge in [-0.3, -0.25) is 0 Å². The van der Waals surface area contributed by atoms with Crippen molar-refractivity contribution in [1.82, 2.24) is 4.57 Å². The molecule has 0 amide bonds. The summed E-state index contributed by atoms with van der Waals surface area (Å²) in [6.07, 6.45) is 4.26. The number of fused-ring (bicyclic) bond motifs is 3. The summed E-state index contributed by atoms with van der Waals surface area (Å²) in [5.74, 6) is 0. The normalized spacial score (nSPS) is 11.2. The average Bonchev–Trinajstić information content (AvgIpc) is 2.56. The van der Waals surface area contributed by atoms with E-state index in [4.69, 9.17) is 0 Å². The second-order valence-corrected chi connectivity index (χ2v) is 3.71. The molecule has 0 radical (unpaired) electrons. The second kappa shape index (κ2) is 2.61. The van der Waals surface area contributed by atoms with Crippen molar-refractivity contribution in [3.05, 3.63) is 48.8 Å². The fraction of sp³-hybridized carbons (Fsp3) is 0.0769. The van der Waals surface area contributed by atoms with Gasteiger partial charge in [0.2, 0.25) is 0 Å². The fourth-order valence-electron chi connectivity index (χ4n) is 2.00. The van der Waals surface area contributed by atoms with Gasteiger partial charge in [-0.05, 0) is 28.5 Å². The third kappa shape index (κ3) is 0.956. The van der Waals surface area contributed by atoms with Gasteiger partial charge in [0.15, 0.2) is 0 Å². The van der Waals surface area contributed by atoms with Crippen LogP contribution in [0.15, 0.2) is 48.8 Å². The molecule has 1 heterocycles. The third-order valence-corrected chi connectivity index (χ3v) is 2.69. The van der Waals surface area contributed by atoms with Gasteiger partial charge < -0.3 is 4.57 Å². The Kier molecular flexibility index (Phi) is 1.42. The number of benzene rings is 1. The fourth-order valence-corrected chi connectivity index (χ4v) is 2.00. The Morgan fingerprint density at radius 3 is 2.86 bits per heavy atom. The van der Waals surface area contributed by atoms with E-state index in [9.17, 15) is 0 Å². The number of aryl methyl sites for hydroxylation is 1. The molecule has 1 aliphatic heterocycles. The van der Waals surface area contributed by atoms with Crippen molar-refractivity contribution >= 4 is 10.8 Å². The molecular weight excluding hydrogens is 170 g/mol. The summed E-state index contributed by atoms with van der Waals surface area (Å²) in [5, 5.41) is 2.67. The predicted molar refractivity (Wildman–Crippen MR) is 59.5 cm³/mol. The van der Waals surface area contributed by atoms with Gasteiger partial charge in [-0.1, -0.05) is 24.3 Å². The molecule has 1 aliphatic carbocycles. The Labute approximate surface area is 82.9 Å². The molecule has 1 heteroatoms. The van der Waals surface area contributed by atoms with Crippen LogP contribution in [0.1, 0.15) is 0 Å².